The van der Waals surface area contributed by atoms with Crippen LogP contribution in [0.2, 0.25) is 0 Å². The first-order valence-electron chi connectivity index (χ1n) is 8.23. The van der Waals surface area contributed by atoms with Crippen LogP contribution < -0.4 is 0 Å². The standard InChI is InChI=1S/C20H6Br2I4O5/c21-5-1-6(13(20(29)30)9(22)2-5)12-7-3-10(23)16(27)14(25)18(7)31-19-8(12)4-11(24)17(28)15(19)26/h1-4H,(H2-,27,28,29,30)/p+1. The third kappa shape index (κ3) is 4.16. The lowest BCUT2D eigenvalue weighted by Gasteiger charge is -2.13. The fraction of sp³-hybridized carbons (Fsp3) is 0. The number of phenolic OH excluding ortho intramolecular Hbond substituents is 2. The second-order valence-corrected chi connectivity index (χ2v) is 12.6. The molecule has 4 aromatic rings. The van der Waals surface area contributed by atoms with Gasteiger partial charge in [0.25, 0.3) is 0 Å². The molecule has 0 fully saturated rings. The zero-order chi connectivity index (χ0) is 22.8. The van der Waals surface area contributed by atoms with E-state index in [1.54, 1.807) is 24.3 Å². The van der Waals surface area contributed by atoms with Crippen LogP contribution in [0.25, 0.3) is 33.1 Å². The van der Waals surface area contributed by atoms with Gasteiger partial charge >= 0.3 is 17.1 Å². The minimum absolute atomic E-state index is 0.0846. The molecule has 0 unspecified atom stereocenters. The van der Waals surface area contributed by atoms with Crippen molar-refractivity contribution in [2.45, 2.75) is 0 Å². The third-order valence-electron chi connectivity index (χ3n) is 4.58. The maximum Gasteiger partial charge on any atom is 0.378 e. The topological polar surface area (TPSA) is 89.1 Å². The van der Waals surface area contributed by atoms with E-state index >= 15 is 0 Å². The van der Waals surface area contributed by atoms with E-state index in [4.69, 9.17) is 4.42 Å². The largest absolute Gasteiger partial charge is 0.505 e. The molecule has 5 nitrogen and oxygen atoms in total. The number of aromatic hydroxyl groups is 2. The second-order valence-electron chi connectivity index (χ2n) is 6.39. The Balaban J connectivity index is 2.38. The molecule has 0 spiro atoms. The zero-order valence-corrected chi connectivity index (χ0v) is 26.5. The molecule has 0 radical (unpaired) electrons. The number of carboxylic acids is 1. The van der Waals surface area contributed by atoms with E-state index in [1.807, 2.05) is 90.4 Å². The maximum absolute atomic E-state index is 12.2. The van der Waals surface area contributed by atoms with Crippen molar-refractivity contribution in [3.05, 3.63) is 53.1 Å². The van der Waals surface area contributed by atoms with Crippen molar-refractivity contribution in [1.29, 1.82) is 0 Å². The van der Waals surface area contributed by atoms with Gasteiger partial charge in [-0.05, 0) is 131 Å². The van der Waals surface area contributed by atoms with Crippen molar-refractivity contribution < 1.29 is 24.5 Å². The summed E-state index contributed by atoms with van der Waals surface area (Å²) < 4.78 is 9.55. The summed E-state index contributed by atoms with van der Waals surface area (Å²) in [6.07, 6.45) is 0. The molecule has 0 amide bonds. The van der Waals surface area contributed by atoms with E-state index in [1.165, 1.54) is 0 Å². The average molecular weight is 995 g/mol. The lowest BCUT2D eigenvalue weighted by atomic mass is 9.93. The summed E-state index contributed by atoms with van der Waals surface area (Å²) in [5, 5.41) is 32.3. The molecular formula is C20H7Br2I4O5+. The molecule has 3 N–H and O–H groups in total. The van der Waals surface area contributed by atoms with Crippen LogP contribution in [0.4, 0.5) is 0 Å². The van der Waals surface area contributed by atoms with E-state index in [2.05, 4.69) is 31.9 Å². The summed E-state index contributed by atoms with van der Waals surface area (Å²) >= 11 is 15.0. The molecule has 0 aliphatic rings. The van der Waals surface area contributed by atoms with E-state index in [-0.39, 0.29) is 17.1 Å². The van der Waals surface area contributed by atoms with Crippen LogP contribution >= 0.6 is 122 Å². The number of hydrogen-bond acceptors (Lipinski definition) is 3. The molecule has 158 valence electrons. The lowest BCUT2D eigenvalue weighted by molar-refractivity contribution is 0.0696. The predicted octanol–water partition coefficient (Wildman–Crippen LogP) is 8.59. The Morgan fingerprint density at radius 2 is 1.32 bits per heavy atom. The number of carbonyl (C=O) groups is 1. The molecule has 31 heavy (non-hydrogen) atoms. The van der Waals surface area contributed by atoms with E-state index in [0.717, 1.165) is 0 Å². The molecule has 0 saturated carbocycles. The van der Waals surface area contributed by atoms with Crippen LogP contribution in [-0.2, 0) is 0 Å². The Hall–Kier alpha value is 0.280. The molecule has 0 atom stereocenters. The van der Waals surface area contributed by atoms with Crippen molar-refractivity contribution >= 4 is 150 Å². The number of phenols is 2. The second kappa shape index (κ2) is 9.14. The SMILES string of the molecule is O=C(O)c1c(Br)cc(Br)cc1-c1c2cc(I)c(O)c(I)c2[o+]c2c(I)c(O)c(I)cc12. The number of carboxylic acid groups (broad SMARTS) is 1. The number of benzene rings is 3. The van der Waals surface area contributed by atoms with Crippen LogP contribution in [-0.4, -0.2) is 21.3 Å². The van der Waals surface area contributed by atoms with E-state index in [9.17, 15) is 20.1 Å². The molecule has 0 bridgehead atoms. The van der Waals surface area contributed by atoms with Gasteiger partial charge in [-0.2, -0.15) is 0 Å². The van der Waals surface area contributed by atoms with Crippen molar-refractivity contribution in [1.82, 2.24) is 0 Å². The van der Waals surface area contributed by atoms with E-state index < -0.39 is 5.97 Å². The fourth-order valence-corrected chi connectivity index (χ4v) is 8.25. The van der Waals surface area contributed by atoms with Gasteiger partial charge < -0.3 is 15.3 Å². The Bertz CT molecular complexity index is 1380. The summed E-state index contributed by atoms with van der Waals surface area (Å²) in [5.74, 6) is -0.912. The molecule has 3 aromatic carbocycles. The first kappa shape index (κ1) is 24.4. The van der Waals surface area contributed by atoms with Gasteiger partial charge in [0.1, 0.15) is 0 Å². The Morgan fingerprint density at radius 3 is 1.77 bits per heavy atom. The van der Waals surface area contributed by atoms with Gasteiger partial charge in [0.15, 0.2) is 18.6 Å². The highest BCUT2D eigenvalue weighted by Crippen LogP contribution is 2.47. The Kier molecular flexibility index (Phi) is 7.20. The number of rotatable bonds is 2. The smallest absolute Gasteiger partial charge is 0.378 e. The summed E-state index contributed by atoms with van der Waals surface area (Å²) in [7, 11) is 0. The highest BCUT2D eigenvalue weighted by Gasteiger charge is 2.31. The van der Waals surface area contributed by atoms with Gasteiger partial charge in [-0.15, -0.1) is 0 Å². The number of aromatic carboxylic acids is 1. The summed E-state index contributed by atoms with van der Waals surface area (Å²) in [6, 6.07) is 6.99. The Morgan fingerprint density at radius 1 is 0.839 bits per heavy atom. The van der Waals surface area contributed by atoms with Crippen LogP contribution in [0.1, 0.15) is 10.4 Å². The monoisotopic (exact) mass is 992 g/mol. The third-order valence-corrected chi connectivity index (χ3v) is 9.31. The molecule has 0 aliphatic carbocycles. The Labute approximate surface area is 246 Å². The van der Waals surface area contributed by atoms with Gasteiger partial charge in [0.2, 0.25) is 0 Å². The normalized spacial score (nSPS) is 11.4. The van der Waals surface area contributed by atoms with Crippen molar-refractivity contribution in [2.24, 2.45) is 0 Å². The average Bonchev–Trinajstić information content (AvgIpc) is 2.68. The molecule has 1 aromatic heterocycles. The minimum Gasteiger partial charge on any atom is -0.505 e. The molecule has 0 saturated heterocycles. The van der Waals surface area contributed by atoms with Crippen molar-refractivity contribution in [2.75, 3.05) is 0 Å². The highest BCUT2D eigenvalue weighted by atomic mass is 127. The van der Waals surface area contributed by atoms with Gasteiger partial charge in [0.05, 0.1) is 23.5 Å². The molecular weight excluding hydrogens is 988 g/mol. The van der Waals surface area contributed by atoms with Gasteiger partial charge in [-0.3, -0.25) is 0 Å². The van der Waals surface area contributed by atoms with Gasteiger partial charge in [0, 0.05) is 20.1 Å². The highest BCUT2D eigenvalue weighted by molar-refractivity contribution is 14.1. The fourth-order valence-electron chi connectivity index (χ4n) is 3.28. The van der Waals surface area contributed by atoms with Crippen LogP contribution in [0.15, 0.2) is 37.6 Å². The van der Waals surface area contributed by atoms with Gasteiger partial charge in [-0.1, -0.05) is 15.9 Å². The first-order valence-corrected chi connectivity index (χ1v) is 14.1. The van der Waals surface area contributed by atoms with Gasteiger partial charge in [-0.25, -0.2) is 9.21 Å². The first-order chi connectivity index (χ1) is 14.5. The minimum atomic E-state index is -1.08. The maximum atomic E-state index is 12.2. The summed E-state index contributed by atoms with van der Waals surface area (Å²) in [6.45, 7) is 0. The quantitative estimate of drug-likeness (QED) is 0.107. The summed E-state index contributed by atoms with van der Waals surface area (Å²) in [4.78, 5) is 12.2. The molecule has 11 heteroatoms. The van der Waals surface area contributed by atoms with Crippen LogP contribution in [0.5, 0.6) is 11.5 Å². The summed E-state index contributed by atoms with van der Waals surface area (Å²) in [5.41, 5.74) is 2.04. The molecule has 0 aliphatic heterocycles. The van der Waals surface area contributed by atoms with Crippen LogP contribution in [0, 0.1) is 14.3 Å². The predicted molar refractivity (Wildman–Crippen MR) is 160 cm³/mol. The van der Waals surface area contributed by atoms with Crippen LogP contribution in [0.3, 0.4) is 0 Å². The number of halogens is 6. The molecule has 4 rings (SSSR count). The number of hydrogen-bond donors (Lipinski definition) is 3. The lowest BCUT2D eigenvalue weighted by Crippen LogP contribution is -2.03. The number of fused-ring (bicyclic) bond motifs is 2. The molecule has 1 heterocycles. The van der Waals surface area contributed by atoms with Crippen molar-refractivity contribution in [3.63, 3.8) is 0 Å². The zero-order valence-electron chi connectivity index (χ0n) is 14.7. The van der Waals surface area contributed by atoms with E-state index in [0.29, 0.717) is 56.3 Å². The van der Waals surface area contributed by atoms with Crippen molar-refractivity contribution in [3.8, 4) is 22.6 Å².